The maximum atomic E-state index is 12.8. The molecule has 0 radical (unpaired) electrons. The fourth-order valence-corrected chi connectivity index (χ4v) is 3.31. The molecule has 0 fully saturated rings. The lowest BCUT2D eigenvalue weighted by molar-refractivity contribution is -0.0502. The Hall–Kier alpha value is -2.76. The fourth-order valence-electron chi connectivity index (χ4n) is 2.84. The lowest BCUT2D eigenvalue weighted by atomic mass is 10.0. The van der Waals surface area contributed by atoms with Gasteiger partial charge in [0.2, 0.25) is 5.88 Å². The van der Waals surface area contributed by atoms with Crippen molar-refractivity contribution in [3.63, 3.8) is 0 Å². The van der Waals surface area contributed by atoms with Crippen LogP contribution in [0.1, 0.15) is 24.2 Å². The first-order chi connectivity index (χ1) is 12.5. The summed E-state index contributed by atoms with van der Waals surface area (Å²) in [6.07, 6.45) is -1.26. The normalized spacial score (nSPS) is 17.5. The fraction of sp³-hybridized carbons (Fsp3) is 0.333. The van der Waals surface area contributed by atoms with E-state index in [9.17, 15) is 31.5 Å². The van der Waals surface area contributed by atoms with Crippen molar-refractivity contribution in [1.29, 1.82) is 0 Å². The summed E-state index contributed by atoms with van der Waals surface area (Å²) >= 11 is 0. The van der Waals surface area contributed by atoms with Gasteiger partial charge < -0.3 is 9.29 Å². The van der Waals surface area contributed by atoms with Gasteiger partial charge in [0.25, 0.3) is 0 Å². The molecule has 2 heterocycles. The Morgan fingerprint density at radius 1 is 1.30 bits per heavy atom. The summed E-state index contributed by atoms with van der Waals surface area (Å²) in [4.78, 5) is 12.4. The Morgan fingerprint density at radius 2 is 1.93 bits per heavy atom. The van der Waals surface area contributed by atoms with E-state index < -0.39 is 33.6 Å². The van der Waals surface area contributed by atoms with E-state index in [0.717, 1.165) is 9.58 Å². The second-order valence-corrected chi connectivity index (χ2v) is 7.34. The van der Waals surface area contributed by atoms with Crippen LogP contribution < -0.4 is 4.18 Å². The van der Waals surface area contributed by atoms with Crippen LogP contribution in [0.2, 0.25) is 0 Å². The number of carboxylic acid groups (broad SMARTS) is 1. The van der Waals surface area contributed by atoms with Crippen molar-refractivity contribution in [1.82, 2.24) is 14.7 Å². The predicted octanol–water partition coefficient (Wildman–Crippen LogP) is 2.70. The van der Waals surface area contributed by atoms with Gasteiger partial charge in [-0.05, 0) is 25.5 Å². The van der Waals surface area contributed by atoms with Gasteiger partial charge in [0, 0.05) is 12.1 Å². The minimum Gasteiger partial charge on any atom is -0.465 e. The monoisotopic (exact) mass is 405 g/mol. The van der Waals surface area contributed by atoms with Gasteiger partial charge >= 0.3 is 21.7 Å². The number of hydrogen-bond donors (Lipinski definition) is 1. The number of alkyl halides is 3. The van der Waals surface area contributed by atoms with Gasteiger partial charge in [-0.1, -0.05) is 18.2 Å². The first-order valence-corrected chi connectivity index (χ1v) is 9.11. The Kier molecular flexibility index (Phi) is 4.54. The SMILES string of the molecule is CC1c2nn(-c3ccccc3)c(OS(=O)(=O)C(F)(F)F)c2CCN1C(=O)O. The molecule has 12 heteroatoms. The molecule has 27 heavy (non-hydrogen) atoms. The molecule has 3 rings (SSSR count). The number of halogens is 3. The van der Waals surface area contributed by atoms with Crippen molar-refractivity contribution in [3.8, 4) is 11.6 Å². The third-order valence-electron chi connectivity index (χ3n) is 4.15. The maximum absolute atomic E-state index is 12.8. The smallest absolute Gasteiger partial charge is 0.465 e. The van der Waals surface area contributed by atoms with Crippen LogP contribution in [-0.4, -0.2) is 46.4 Å². The molecule has 1 aliphatic rings. The van der Waals surface area contributed by atoms with Crippen LogP contribution in [0.3, 0.4) is 0 Å². The molecular weight excluding hydrogens is 391 g/mol. The first-order valence-electron chi connectivity index (χ1n) is 7.70. The second-order valence-electron chi connectivity index (χ2n) is 5.80. The zero-order valence-electron chi connectivity index (χ0n) is 13.8. The summed E-state index contributed by atoms with van der Waals surface area (Å²) in [6, 6.07) is 7.06. The summed E-state index contributed by atoms with van der Waals surface area (Å²) in [6.45, 7) is 1.48. The van der Waals surface area contributed by atoms with E-state index in [4.69, 9.17) is 0 Å². The van der Waals surface area contributed by atoms with Crippen molar-refractivity contribution in [3.05, 3.63) is 41.6 Å². The summed E-state index contributed by atoms with van der Waals surface area (Å²) < 4.78 is 66.9. The molecule has 2 aromatic rings. The van der Waals surface area contributed by atoms with Gasteiger partial charge in [-0.3, -0.25) is 4.90 Å². The maximum Gasteiger partial charge on any atom is 0.534 e. The van der Waals surface area contributed by atoms with Crippen LogP contribution in [0, 0.1) is 0 Å². The molecule has 0 bridgehead atoms. The third kappa shape index (κ3) is 3.31. The van der Waals surface area contributed by atoms with E-state index in [1.807, 2.05) is 0 Å². The Morgan fingerprint density at radius 3 is 2.48 bits per heavy atom. The number of aromatic nitrogens is 2. The second kappa shape index (κ2) is 6.44. The number of carbonyl (C=O) groups is 1. The predicted molar refractivity (Wildman–Crippen MR) is 86.0 cm³/mol. The quantitative estimate of drug-likeness (QED) is 0.622. The van der Waals surface area contributed by atoms with Gasteiger partial charge in [-0.2, -0.15) is 31.4 Å². The highest BCUT2D eigenvalue weighted by Gasteiger charge is 2.50. The molecule has 0 saturated carbocycles. The Balaban J connectivity index is 2.17. The highest BCUT2D eigenvalue weighted by Crippen LogP contribution is 2.38. The zero-order chi connectivity index (χ0) is 20.0. The minimum atomic E-state index is -5.92. The Bertz CT molecular complexity index is 973. The van der Waals surface area contributed by atoms with E-state index in [1.165, 1.54) is 19.1 Å². The van der Waals surface area contributed by atoms with Crippen LogP contribution in [0.25, 0.3) is 5.69 Å². The molecule has 1 amide bonds. The lowest BCUT2D eigenvalue weighted by Crippen LogP contribution is -2.38. The Labute approximate surface area is 151 Å². The standard InChI is InChI=1S/C15H14F3N3O5S/c1-9-12-11(7-8-20(9)14(22)23)13(26-27(24,25)15(16,17)18)21(19-12)10-5-3-2-4-6-10/h2-6,9H,7-8H2,1H3,(H,22,23). The number of nitrogens with zero attached hydrogens (tertiary/aromatic N) is 3. The van der Waals surface area contributed by atoms with Crippen molar-refractivity contribution < 1.29 is 35.7 Å². The molecule has 0 aliphatic carbocycles. The van der Waals surface area contributed by atoms with Crippen molar-refractivity contribution in [2.45, 2.75) is 24.9 Å². The molecule has 8 nitrogen and oxygen atoms in total. The molecule has 146 valence electrons. The van der Waals surface area contributed by atoms with Crippen molar-refractivity contribution in [2.24, 2.45) is 0 Å². The average Bonchev–Trinajstić information content (AvgIpc) is 2.93. The van der Waals surface area contributed by atoms with Crippen LogP contribution in [0.5, 0.6) is 5.88 Å². The number of fused-ring (bicyclic) bond motifs is 1. The number of rotatable bonds is 3. The van der Waals surface area contributed by atoms with Crippen molar-refractivity contribution in [2.75, 3.05) is 6.54 Å². The first kappa shape index (κ1) is 19.0. The molecule has 1 aliphatic heterocycles. The molecule has 0 saturated heterocycles. The van der Waals surface area contributed by atoms with Crippen LogP contribution >= 0.6 is 0 Å². The van der Waals surface area contributed by atoms with E-state index >= 15 is 0 Å². The van der Waals surface area contributed by atoms with E-state index in [0.29, 0.717) is 0 Å². The van der Waals surface area contributed by atoms with Gasteiger partial charge in [0.05, 0.1) is 17.4 Å². The average molecular weight is 405 g/mol. The van der Waals surface area contributed by atoms with E-state index in [2.05, 4.69) is 9.28 Å². The van der Waals surface area contributed by atoms with Gasteiger partial charge in [0.1, 0.15) is 0 Å². The molecule has 0 spiro atoms. The summed E-state index contributed by atoms with van der Waals surface area (Å²) in [5.74, 6) is -0.592. The van der Waals surface area contributed by atoms with Gasteiger partial charge in [0.15, 0.2) is 0 Å². The number of para-hydroxylation sites is 1. The number of hydrogen-bond acceptors (Lipinski definition) is 5. The summed E-state index contributed by atoms with van der Waals surface area (Å²) in [5.41, 5.74) is -5.08. The minimum absolute atomic E-state index is 0.0353. The van der Waals surface area contributed by atoms with E-state index in [-0.39, 0.29) is 29.9 Å². The molecule has 1 N–H and O–H groups in total. The highest BCUT2D eigenvalue weighted by molar-refractivity contribution is 7.87. The topological polar surface area (TPSA) is 102 Å². The number of amides is 1. The van der Waals surface area contributed by atoms with Crippen LogP contribution in [0.4, 0.5) is 18.0 Å². The zero-order valence-corrected chi connectivity index (χ0v) is 14.7. The summed E-state index contributed by atoms with van der Waals surface area (Å²) in [5, 5.41) is 13.4. The van der Waals surface area contributed by atoms with Crippen molar-refractivity contribution >= 4 is 16.2 Å². The molecule has 1 unspecified atom stereocenters. The number of benzene rings is 1. The molecule has 1 aromatic heterocycles. The highest BCUT2D eigenvalue weighted by atomic mass is 32.2. The lowest BCUT2D eigenvalue weighted by Gasteiger charge is -2.29. The van der Waals surface area contributed by atoms with Crippen LogP contribution in [-0.2, 0) is 16.5 Å². The third-order valence-corrected chi connectivity index (χ3v) is 5.10. The van der Waals surface area contributed by atoms with Crippen LogP contribution in [0.15, 0.2) is 30.3 Å². The van der Waals surface area contributed by atoms with Gasteiger partial charge in [-0.15, -0.1) is 0 Å². The van der Waals surface area contributed by atoms with E-state index in [1.54, 1.807) is 18.2 Å². The molecule has 1 aromatic carbocycles. The largest absolute Gasteiger partial charge is 0.534 e. The molecular formula is C15H14F3N3O5S. The summed E-state index contributed by atoms with van der Waals surface area (Å²) in [7, 11) is -5.92. The van der Waals surface area contributed by atoms with Gasteiger partial charge in [-0.25, -0.2) is 4.79 Å². The molecule has 1 atom stereocenters.